The third-order valence-corrected chi connectivity index (χ3v) is 4.99. The molecule has 3 aromatic carbocycles. The minimum Gasteiger partial charge on any atom is -0.407 e. The Morgan fingerprint density at radius 3 is 2.39 bits per heavy atom. The highest BCUT2D eigenvalue weighted by Crippen LogP contribution is 2.24. The number of hydrogen-bond acceptors (Lipinski definition) is 3. The van der Waals surface area contributed by atoms with Gasteiger partial charge >= 0.3 is 6.09 Å². The second-order valence-electron chi connectivity index (χ2n) is 7.26. The van der Waals surface area contributed by atoms with E-state index in [9.17, 15) is 4.79 Å². The number of nitrogens with zero attached hydrogens (tertiary/aromatic N) is 2. The number of hydrogen-bond donors (Lipinski definition) is 1. The highest BCUT2D eigenvalue weighted by Gasteiger charge is 2.16. The van der Waals surface area contributed by atoms with Gasteiger partial charge in [0.15, 0.2) is 5.75 Å². The standard InChI is InChI=1S/C26H25N3O2/c1-2-10-24-25(19-28-29(24)23-15-7-4-8-16-23)31-26(30)27-18-20-11-9-14-22(17-20)21-12-5-3-6-13-21/h3-9,11-17,19H,2,10,18H2,1H3,(H,27,30). The Hall–Kier alpha value is -3.86. The summed E-state index contributed by atoms with van der Waals surface area (Å²) in [5.74, 6) is 0.487. The molecule has 4 aromatic rings. The SMILES string of the molecule is CCCc1c(OC(=O)NCc2cccc(-c3ccccc3)c2)cnn1-c1ccccc1. The number of carbonyl (C=O) groups is 1. The molecule has 5 heteroatoms. The van der Waals surface area contributed by atoms with Crippen molar-refractivity contribution in [2.75, 3.05) is 0 Å². The molecule has 0 aliphatic heterocycles. The molecule has 0 radical (unpaired) electrons. The van der Waals surface area contributed by atoms with E-state index in [0.29, 0.717) is 12.3 Å². The first-order valence-electron chi connectivity index (χ1n) is 10.5. The monoisotopic (exact) mass is 411 g/mol. The van der Waals surface area contributed by atoms with Gasteiger partial charge in [-0.3, -0.25) is 0 Å². The lowest BCUT2D eigenvalue weighted by atomic mass is 10.0. The minimum atomic E-state index is -0.491. The van der Waals surface area contributed by atoms with Crippen LogP contribution >= 0.6 is 0 Å². The van der Waals surface area contributed by atoms with Crippen LogP contribution in [0.5, 0.6) is 5.75 Å². The first-order valence-corrected chi connectivity index (χ1v) is 10.5. The molecule has 1 heterocycles. The van der Waals surface area contributed by atoms with Gasteiger partial charge in [0.1, 0.15) is 0 Å². The topological polar surface area (TPSA) is 56.1 Å². The van der Waals surface area contributed by atoms with Crippen molar-refractivity contribution < 1.29 is 9.53 Å². The van der Waals surface area contributed by atoms with Gasteiger partial charge in [0.2, 0.25) is 0 Å². The lowest BCUT2D eigenvalue weighted by Gasteiger charge is -2.10. The lowest BCUT2D eigenvalue weighted by molar-refractivity contribution is 0.199. The quantitative estimate of drug-likeness (QED) is 0.419. The summed E-state index contributed by atoms with van der Waals surface area (Å²) < 4.78 is 7.43. The molecule has 156 valence electrons. The first-order chi connectivity index (χ1) is 15.2. The summed E-state index contributed by atoms with van der Waals surface area (Å²) in [5.41, 5.74) is 5.09. The summed E-state index contributed by atoms with van der Waals surface area (Å²) in [6, 6.07) is 28.1. The second-order valence-corrected chi connectivity index (χ2v) is 7.26. The number of aromatic nitrogens is 2. The number of rotatable bonds is 7. The molecule has 0 unspecified atom stereocenters. The number of benzene rings is 3. The van der Waals surface area contributed by atoms with Crippen molar-refractivity contribution in [3.8, 4) is 22.6 Å². The summed E-state index contributed by atoms with van der Waals surface area (Å²) in [7, 11) is 0. The maximum atomic E-state index is 12.5. The Balaban J connectivity index is 1.43. The Labute approximate surface area is 182 Å². The summed E-state index contributed by atoms with van der Waals surface area (Å²) in [5, 5.41) is 7.28. The van der Waals surface area contributed by atoms with Crippen LogP contribution in [-0.2, 0) is 13.0 Å². The molecule has 0 aliphatic rings. The number of ether oxygens (including phenoxy) is 1. The zero-order chi connectivity index (χ0) is 21.5. The molecule has 0 aliphatic carbocycles. The van der Waals surface area contributed by atoms with E-state index in [-0.39, 0.29) is 0 Å². The van der Waals surface area contributed by atoms with E-state index in [0.717, 1.165) is 40.9 Å². The molecule has 0 spiro atoms. The molecule has 0 saturated carbocycles. The van der Waals surface area contributed by atoms with E-state index in [4.69, 9.17) is 4.74 Å². The molecular formula is C26H25N3O2. The average Bonchev–Trinajstić information content (AvgIpc) is 3.21. The maximum absolute atomic E-state index is 12.5. The van der Waals surface area contributed by atoms with Crippen molar-refractivity contribution in [3.05, 3.63) is 102 Å². The number of carbonyl (C=O) groups excluding carboxylic acids is 1. The molecule has 1 N–H and O–H groups in total. The third kappa shape index (κ3) is 5.01. The minimum absolute atomic E-state index is 0.384. The molecule has 31 heavy (non-hydrogen) atoms. The van der Waals surface area contributed by atoms with Crippen molar-refractivity contribution in [1.82, 2.24) is 15.1 Å². The number of amides is 1. The molecule has 1 aromatic heterocycles. The Bertz CT molecular complexity index is 1140. The molecule has 1 amide bonds. The summed E-state index contributed by atoms with van der Waals surface area (Å²) in [6.07, 6.45) is 2.79. The van der Waals surface area contributed by atoms with E-state index in [1.165, 1.54) is 0 Å². The largest absolute Gasteiger partial charge is 0.412 e. The Morgan fingerprint density at radius 2 is 1.65 bits per heavy atom. The van der Waals surface area contributed by atoms with Crippen molar-refractivity contribution in [3.63, 3.8) is 0 Å². The fraction of sp³-hybridized carbons (Fsp3) is 0.154. The van der Waals surface area contributed by atoms with Crippen LogP contribution in [0.1, 0.15) is 24.6 Å². The maximum Gasteiger partial charge on any atom is 0.412 e. The van der Waals surface area contributed by atoms with Crippen molar-refractivity contribution in [2.45, 2.75) is 26.3 Å². The van der Waals surface area contributed by atoms with Crippen LogP contribution in [0.15, 0.2) is 91.1 Å². The van der Waals surface area contributed by atoms with Gasteiger partial charge in [-0.15, -0.1) is 0 Å². The molecule has 0 fully saturated rings. The van der Waals surface area contributed by atoms with Crippen LogP contribution in [0, 0.1) is 0 Å². The Morgan fingerprint density at radius 1 is 0.935 bits per heavy atom. The predicted molar refractivity (Wildman–Crippen MR) is 122 cm³/mol. The van der Waals surface area contributed by atoms with Crippen LogP contribution in [0.4, 0.5) is 4.79 Å². The zero-order valence-corrected chi connectivity index (χ0v) is 17.5. The van der Waals surface area contributed by atoms with Crippen molar-refractivity contribution in [2.24, 2.45) is 0 Å². The van der Waals surface area contributed by atoms with E-state index in [1.54, 1.807) is 6.20 Å². The Kier molecular flexibility index (Phi) is 6.43. The molecule has 0 atom stereocenters. The molecule has 5 nitrogen and oxygen atoms in total. The number of nitrogens with one attached hydrogen (secondary N) is 1. The van der Waals surface area contributed by atoms with Gasteiger partial charge in [0.05, 0.1) is 17.6 Å². The zero-order valence-electron chi connectivity index (χ0n) is 17.5. The fourth-order valence-corrected chi connectivity index (χ4v) is 3.50. The highest BCUT2D eigenvalue weighted by molar-refractivity contribution is 5.71. The van der Waals surface area contributed by atoms with Gasteiger partial charge in [-0.2, -0.15) is 5.10 Å². The third-order valence-electron chi connectivity index (χ3n) is 4.99. The molecule has 0 saturated heterocycles. The van der Waals surface area contributed by atoms with Gasteiger partial charge in [-0.05, 0) is 41.3 Å². The van der Waals surface area contributed by atoms with Crippen molar-refractivity contribution in [1.29, 1.82) is 0 Å². The van der Waals surface area contributed by atoms with Gasteiger partial charge in [-0.1, -0.05) is 80.1 Å². The van der Waals surface area contributed by atoms with Gasteiger partial charge < -0.3 is 10.1 Å². The predicted octanol–water partition coefficient (Wildman–Crippen LogP) is 5.78. The van der Waals surface area contributed by atoms with Crippen LogP contribution in [0.2, 0.25) is 0 Å². The van der Waals surface area contributed by atoms with Gasteiger partial charge in [0, 0.05) is 6.54 Å². The number of para-hydroxylation sites is 1. The van der Waals surface area contributed by atoms with E-state index in [2.05, 4.69) is 41.6 Å². The fourth-order valence-electron chi connectivity index (χ4n) is 3.50. The van der Waals surface area contributed by atoms with Crippen molar-refractivity contribution >= 4 is 6.09 Å². The van der Waals surface area contributed by atoms with Crippen LogP contribution in [0.3, 0.4) is 0 Å². The summed E-state index contributed by atoms with van der Waals surface area (Å²) in [6.45, 7) is 2.47. The van der Waals surface area contributed by atoms with Crippen LogP contribution < -0.4 is 10.1 Å². The average molecular weight is 412 g/mol. The van der Waals surface area contributed by atoms with E-state index >= 15 is 0 Å². The lowest BCUT2D eigenvalue weighted by Crippen LogP contribution is -2.26. The first kappa shape index (κ1) is 20.4. The molecule has 0 bridgehead atoms. The smallest absolute Gasteiger partial charge is 0.407 e. The molecule has 4 rings (SSSR count). The molecular weight excluding hydrogens is 386 g/mol. The van der Waals surface area contributed by atoms with Gasteiger partial charge in [0.25, 0.3) is 0 Å². The normalized spacial score (nSPS) is 10.6. The van der Waals surface area contributed by atoms with Crippen LogP contribution in [-0.4, -0.2) is 15.9 Å². The highest BCUT2D eigenvalue weighted by atomic mass is 16.6. The van der Waals surface area contributed by atoms with E-state index < -0.39 is 6.09 Å². The van der Waals surface area contributed by atoms with Gasteiger partial charge in [-0.25, -0.2) is 9.48 Å². The van der Waals surface area contributed by atoms with E-state index in [1.807, 2.05) is 65.3 Å². The van der Waals surface area contributed by atoms with Crippen LogP contribution in [0.25, 0.3) is 16.8 Å². The summed E-state index contributed by atoms with van der Waals surface area (Å²) >= 11 is 0. The summed E-state index contributed by atoms with van der Waals surface area (Å²) in [4.78, 5) is 12.5. The second kappa shape index (κ2) is 9.76.